The standard InChI is InChI=1S/C14H20N2O4/c1-4-5-19-14(18)11-7-10(6-9(2)13(11)15)20-8-12(17)16-3/h6-7H,4-5,8,15H2,1-3H3,(H,16,17). The van der Waals surface area contributed by atoms with Crippen LogP contribution < -0.4 is 15.8 Å². The molecule has 0 unspecified atom stereocenters. The van der Waals surface area contributed by atoms with Crippen LogP contribution in [0.5, 0.6) is 5.75 Å². The Morgan fingerprint density at radius 3 is 2.65 bits per heavy atom. The number of nitrogens with one attached hydrogen (secondary N) is 1. The van der Waals surface area contributed by atoms with Gasteiger partial charge in [0.2, 0.25) is 0 Å². The maximum Gasteiger partial charge on any atom is 0.340 e. The Morgan fingerprint density at radius 2 is 2.05 bits per heavy atom. The summed E-state index contributed by atoms with van der Waals surface area (Å²) in [5.41, 5.74) is 7.18. The van der Waals surface area contributed by atoms with E-state index >= 15 is 0 Å². The van der Waals surface area contributed by atoms with Crippen LogP contribution in [0.4, 0.5) is 5.69 Å². The highest BCUT2D eigenvalue weighted by Crippen LogP contribution is 2.25. The van der Waals surface area contributed by atoms with Crippen molar-refractivity contribution < 1.29 is 19.1 Å². The first kappa shape index (κ1) is 15.8. The van der Waals surface area contributed by atoms with Crippen LogP contribution >= 0.6 is 0 Å². The molecule has 0 atom stereocenters. The summed E-state index contributed by atoms with van der Waals surface area (Å²) in [4.78, 5) is 23.0. The first-order chi connectivity index (χ1) is 9.49. The SMILES string of the molecule is CCCOC(=O)c1cc(OCC(=O)NC)cc(C)c1N. The molecule has 1 aromatic carbocycles. The third-order valence-corrected chi connectivity index (χ3v) is 2.67. The Labute approximate surface area is 118 Å². The van der Waals surface area contributed by atoms with E-state index in [4.69, 9.17) is 15.2 Å². The van der Waals surface area contributed by atoms with Crippen LogP contribution in [0.2, 0.25) is 0 Å². The second-order valence-electron chi connectivity index (χ2n) is 4.30. The molecule has 0 saturated heterocycles. The average molecular weight is 280 g/mol. The van der Waals surface area contributed by atoms with E-state index in [-0.39, 0.29) is 18.1 Å². The lowest BCUT2D eigenvalue weighted by molar-refractivity contribution is -0.122. The summed E-state index contributed by atoms with van der Waals surface area (Å²) < 4.78 is 10.4. The van der Waals surface area contributed by atoms with Crippen LogP contribution in [0.1, 0.15) is 29.3 Å². The van der Waals surface area contributed by atoms with Gasteiger partial charge in [0.15, 0.2) is 6.61 Å². The summed E-state index contributed by atoms with van der Waals surface area (Å²) in [7, 11) is 1.52. The van der Waals surface area contributed by atoms with Gasteiger partial charge < -0.3 is 20.5 Å². The van der Waals surface area contributed by atoms with Crippen LogP contribution in [0.25, 0.3) is 0 Å². The van der Waals surface area contributed by atoms with Gasteiger partial charge in [-0.15, -0.1) is 0 Å². The quantitative estimate of drug-likeness (QED) is 0.605. The van der Waals surface area contributed by atoms with Gasteiger partial charge in [0.05, 0.1) is 12.2 Å². The van der Waals surface area contributed by atoms with E-state index in [9.17, 15) is 9.59 Å². The number of hydrogen-bond acceptors (Lipinski definition) is 5. The molecule has 110 valence electrons. The fourth-order valence-electron chi connectivity index (χ4n) is 1.51. The molecule has 1 aromatic rings. The summed E-state index contributed by atoms with van der Waals surface area (Å²) >= 11 is 0. The minimum atomic E-state index is -0.488. The van der Waals surface area contributed by atoms with Crippen LogP contribution in [-0.2, 0) is 9.53 Å². The summed E-state index contributed by atoms with van der Waals surface area (Å²) in [6, 6.07) is 3.16. The predicted octanol–water partition coefficient (Wildman–Crippen LogP) is 1.27. The molecule has 3 N–H and O–H groups in total. The van der Waals surface area contributed by atoms with Crippen molar-refractivity contribution in [1.82, 2.24) is 5.32 Å². The fraction of sp³-hybridized carbons (Fsp3) is 0.429. The molecule has 0 radical (unpaired) electrons. The van der Waals surface area contributed by atoms with E-state index in [1.165, 1.54) is 13.1 Å². The van der Waals surface area contributed by atoms with Gasteiger partial charge in [0.1, 0.15) is 5.75 Å². The summed E-state index contributed by atoms with van der Waals surface area (Å²) in [5, 5.41) is 2.45. The number of amides is 1. The molecule has 0 aromatic heterocycles. The number of carbonyl (C=O) groups is 2. The third-order valence-electron chi connectivity index (χ3n) is 2.67. The molecule has 1 amide bonds. The van der Waals surface area contributed by atoms with Gasteiger partial charge in [0.25, 0.3) is 5.91 Å². The van der Waals surface area contributed by atoms with E-state index in [0.29, 0.717) is 23.6 Å². The number of ether oxygens (including phenoxy) is 2. The van der Waals surface area contributed by atoms with Crippen molar-refractivity contribution in [1.29, 1.82) is 0 Å². The maximum absolute atomic E-state index is 11.9. The molecule has 0 aliphatic rings. The van der Waals surface area contributed by atoms with E-state index < -0.39 is 5.97 Å². The topological polar surface area (TPSA) is 90.6 Å². The molecule has 1 rings (SSSR count). The highest BCUT2D eigenvalue weighted by molar-refractivity contribution is 5.96. The van der Waals surface area contributed by atoms with Crippen LogP contribution in [0.3, 0.4) is 0 Å². The molecule has 0 spiro atoms. The Morgan fingerprint density at radius 1 is 1.35 bits per heavy atom. The van der Waals surface area contributed by atoms with E-state index in [1.807, 2.05) is 6.92 Å². The molecule has 0 heterocycles. The zero-order chi connectivity index (χ0) is 15.1. The molecule has 0 fully saturated rings. The molecule has 0 aliphatic carbocycles. The monoisotopic (exact) mass is 280 g/mol. The van der Waals surface area contributed by atoms with Crippen molar-refractivity contribution in [2.75, 3.05) is 26.0 Å². The van der Waals surface area contributed by atoms with Crippen molar-refractivity contribution >= 4 is 17.6 Å². The lowest BCUT2D eigenvalue weighted by Gasteiger charge is -2.12. The van der Waals surface area contributed by atoms with E-state index in [0.717, 1.165) is 6.42 Å². The minimum absolute atomic E-state index is 0.122. The van der Waals surface area contributed by atoms with Gasteiger partial charge in [-0.2, -0.15) is 0 Å². The Balaban J connectivity index is 2.91. The second-order valence-corrected chi connectivity index (χ2v) is 4.30. The maximum atomic E-state index is 11.9. The molecular weight excluding hydrogens is 260 g/mol. The van der Waals surface area contributed by atoms with Gasteiger partial charge in [-0.1, -0.05) is 6.92 Å². The smallest absolute Gasteiger partial charge is 0.340 e. The number of esters is 1. The lowest BCUT2D eigenvalue weighted by atomic mass is 10.1. The van der Waals surface area contributed by atoms with E-state index in [1.54, 1.807) is 13.0 Å². The zero-order valence-corrected chi connectivity index (χ0v) is 12.0. The number of nitrogen functional groups attached to an aromatic ring is 1. The molecular formula is C14H20N2O4. The molecule has 0 saturated carbocycles. The zero-order valence-electron chi connectivity index (χ0n) is 12.0. The number of anilines is 1. The molecule has 20 heavy (non-hydrogen) atoms. The Bertz CT molecular complexity index is 500. The van der Waals surface area contributed by atoms with Crippen LogP contribution in [0.15, 0.2) is 12.1 Å². The highest BCUT2D eigenvalue weighted by atomic mass is 16.5. The van der Waals surface area contributed by atoms with Crippen LogP contribution in [-0.4, -0.2) is 32.1 Å². The number of likely N-dealkylation sites (N-methyl/N-ethyl adjacent to an activating group) is 1. The molecule has 0 aliphatic heterocycles. The first-order valence-electron chi connectivity index (χ1n) is 6.40. The third kappa shape index (κ3) is 4.15. The van der Waals surface area contributed by atoms with Gasteiger partial charge in [-0.05, 0) is 31.0 Å². The highest BCUT2D eigenvalue weighted by Gasteiger charge is 2.15. The summed E-state index contributed by atoms with van der Waals surface area (Å²) in [6.07, 6.45) is 0.734. The lowest BCUT2D eigenvalue weighted by Crippen LogP contribution is -2.25. The average Bonchev–Trinajstić information content (AvgIpc) is 2.45. The van der Waals surface area contributed by atoms with Gasteiger partial charge in [-0.25, -0.2) is 4.79 Å². The number of hydrogen-bond donors (Lipinski definition) is 2. The minimum Gasteiger partial charge on any atom is -0.484 e. The van der Waals surface area contributed by atoms with Gasteiger partial charge >= 0.3 is 5.97 Å². The normalized spacial score (nSPS) is 9.95. The van der Waals surface area contributed by atoms with Gasteiger partial charge in [-0.3, -0.25) is 4.79 Å². The number of nitrogens with two attached hydrogens (primary N) is 1. The summed E-state index contributed by atoms with van der Waals surface area (Å²) in [6.45, 7) is 3.88. The number of carbonyl (C=O) groups excluding carboxylic acids is 2. The van der Waals surface area contributed by atoms with E-state index in [2.05, 4.69) is 5.32 Å². The Hall–Kier alpha value is -2.24. The molecule has 6 heteroatoms. The van der Waals surface area contributed by atoms with Crippen molar-refractivity contribution in [3.05, 3.63) is 23.3 Å². The number of benzene rings is 1. The molecule has 0 bridgehead atoms. The van der Waals surface area contributed by atoms with Crippen molar-refractivity contribution in [2.45, 2.75) is 20.3 Å². The molecule has 6 nitrogen and oxygen atoms in total. The Kier molecular flexibility index (Phi) is 5.83. The largest absolute Gasteiger partial charge is 0.484 e. The van der Waals surface area contributed by atoms with Crippen molar-refractivity contribution in [2.24, 2.45) is 0 Å². The van der Waals surface area contributed by atoms with Crippen molar-refractivity contribution in [3.8, 4) is 5.75 Å². The first-order valence-corrected chi connectivity index (χ1v) is 6.40. The van der Waals surface area contributed by atoms with Crippen LogP contribution in [0, 0.1) is 6.92 Å². The predicted molar refractivity (Wildman–Crippen MR) is 75.7 cm³/mol. The fourth-order valence-corrected chi connectivity index (χ4v) is 1.51. The van der Waals surface area contributed by atoms with Crippen molar-refractivity contribution in [3.63, 3.8) is 0 Å². The number of aryl methyl sites for hydroxylation is 1. The number of rotatable bonds is 6. The second kappa shape index (κ2) is 7.37. The van der Waals surface area contributed by atoms with Gasteiger partial charge in [0, 0.05) is 12.7 Å². The summed E-state index contributed by atoms with van der Waals surface area (Å²) in [5.74, 6) is -0.337.